The van der Waals surface area contributed by atoms with Gasteiger partial charge in [-0.3, -0.25) is 4.79 Å². The van der Waals surface area contributed by atoms with Crippen LogP contribution in [0, 0.1) is 0 Å². The van der Waals surface area contributed by atoms with Gasteiger partial charge in [-0.05, 0) is 49.6 Å². The van der Waals surface area contributed by atoms with Crippen molar-refractivity contribution < 1.29 is 9.69 Å². The fraction of sp³-hybridized carbons (Fsp3) is 0.450. The molecule has 0 spiro atoms. The molecule has 5 heteroatoms. The smallest absolute Gasteiger partial charge is 0.221 e. The largest absolute Gasteiger partial charge is 0.330 e. The van der Waals surface area contributed by atoms with Gasteiger partial charge >= 0.3 is 0 Å². The molecule has 2 aromatic rings. The number of carbonyl (C=O) groups is 1. The first kappa shape index (κ1) is 18.5. The summed E-state index contributed by atoms with van der Waals surface area (Å²) in [5.74, 6) is 0.0326. The molecule has 2 N–H and O–H groups in total. The van der Waals surface area contributed by atoms with Crippen LogP contribution in [-0.2, 0) is 30.7 Å². The van der Waals surface area contributed by atoms with Gasteiger partial charge in [0.15, 0.2) is 0 Å². The zero-order valence-corrected chi connectivity index (χ0v) is 16.9. The number of hydrogen-bond acceptors (Lipinski definition) is 3. The Labute approximate surface area is 158 Å². The summed E-state index contributed by atoms with van der Waals surface area (Å²) in [6.45, 7) is 3.57. The van der Waals surface area contributed by atoms with Gasteiger partial charge in [0.2, 0.25) is 5.91 Å². The van der Waals surface area contributed by atoms with Crippen LogP contribution in [0.4, 0.5) is 5.00 Å². The Morgan fingerprint density at radius 1 is 1.20 bits per heavy atom. The van der Waals surface area contributed by atoms with E-state index in [-0.39, 0.29) is 5.91 Å². The third-order valence-corrected chi connectivity index (χ3v) is 6.71. The van der Waals surface area contributed by atoms with Gasteiger partial charge in [-0.15, -0.1) is 23.1 Å². The Balaban J connectivity index is 1.75. The van der Waals surface area contributed by atoms with Crippen LogP contribution in [0.5, 0.6) is 0 Å². The van der Waals surface area contributed by atoms with Crippen LogP contribution in [-0.4, -0.2) is 19.2 Å². The second kappa shape index (κ2) is 8.39. The number of amides is 1. The third-order valence-electron chi connectivity index (χ3n) is 4.71. The molecule has 1 aliphatic rings. The Kier molecular flexibility index (Phi) is 6.20. The van der Waals surface area contributed by atoms with Crippen LogP contribution in [0.1, 0.15) is 41.3 Å². The normalized spacial score (nSPS) is 14.8. The Hall–Kier alpha value is -1.30. The summed E-state index contributed by atoms with van der Waals surface area (Å²) in [6, 6.07) is 8.85. The molecule has 25 heavy (non-hydrogen) atoms. The molecule has 1 aromatic carbocycles. The number of quaternary nitrogens is 1. The first-order chi connectivity index (χ1) is 12.1. The SMILES string of the molecule is CSc1ccc(C[NH+](C)Cc2c(NC(C)=O)sc3c2CCCC3)cc1. The standard InChI is InChI=1S/C20H26N2OS2/c1-14(23)21-20-18(17-6-4-5-7-19(17)25-20)13-22(2)12-15-8-10-16(24-3)11-9-15/h8-11H,4-7,12-13H2,1-3H3,(H,21,23)/p+1. The first-order valence-corrected chi connectivity index (χ1v) is 11.0. The molecule has 0 saturated carbocycles. The van der Waals surface area contributed by atoms with Gasteiger partial charge < -0.3 is 10.2 Å². The lowest BCUT2D eigenvalue weighted by molar-refractivity contribution is -0.907. The van der Waals surface area contributed by atoms with Gasteiger partial charge in [0.1, 0.15) is 18.1 Å². The minimum atomic E-state index is 0.0326. The van der Waals surface area contributed by atoms with Crippen LogP contribution in [0.25, 0.3) is 0 Å². The van der Waals surface area contributed by atoms with Crippen molar-refractivity contribution in [3.63, 3.8) is 0 Å². The predicted octanol–water partition coefficient (Wildman–Crippen LogP) is 3.52. The predicted molar refractivity (Wildman–Crippen MR) is 108 cm³/mol. The van der Waals surface area contributed by atoms with Crippen LogP contribution in [0.3, 0.4) is 0 Å². The van der Waals surface area contributed by atoms with E-state index in [4.69, 9.17) is 0 Å². The Bertz CT molecular complexity index is 737. The molecular formula is C20H27N2OS2+. The summed E-state index contributed by atoms with van der Waals surface area (Å²) in [5, 5.41) is 4.16. The molecule has 0 aliphatic heterocycles. The van der Waals surface area contributed by atoms with E-state index in [1.807, 2.05) is 0 Å². The summed E-state index contributed by atoms with van der Waals surface area (Å²) in [7, 11) is 2.24. The van der Waals surface area contributed by atoms with Crippen molar-refractivity contribution in [2.45, 2.75) is 50.6 Å². The van der Waals surface area contributed by atoms with E-state index in [1.165, 1.54) is 50.6 Å². The number of thioether (sulfide) groups is 1. The number of rotatable bonds is 6. The molecule has 0 radical (unpaired) electrons. The maximum absolute atomic E-state index is 11.6. The van der Waals surface area contributed by atoms with E-state index in [1.54, 1.807) is 30.0 Å². The molecule has 3 rings (SSSR count). The number of fused-ring (bicyclic) bond motifs is 1. The molecule has 1 atom stereocenters. The lowest BCUT2D eigenvalue weighted by Crippen LogP contribution is -3.06. The maximum Gasteiger partial charge on any atom is 0.221 e. The molecular weight excluding hydrogens is 348 g/mol. The number of thiophene rings is 1. The van der Waals surface area contributed by atoms with Crippen LogP contribution in [0.2, 0.25) is 0 Å². The minimum absolute atomic E-state index is 0.0326. The molecule has 0 fully saturated rings. The van der Waals surface area contributed by atoms with Gasteiger partial charge in [0, 0.05) is 27.8 Å². The molecule has 1 unspecified atom stereocenters. The van der Waals surface area contributed by atoms with Crippen molar-refractivity contribution in [3.8, 4) is 0 Å². The van der Waals surface area contributed by atoms with Gasteiger partial charge in [0.05, 0.1) is 7.05 Å². The second-order valence-corrected chi connectivity index (χ2v) is 8.84. The zero-order valence-electron chi connectivity index (χ0n) is 15.3. The van der Waals surface area contributed by atoms with Crippen LogP contribution in [0.15, 0.2) is 29.2 Å². The number of carbonyl (C=O) groups excluding carboxylic acids is 1. The molecule has 0 saturated heterocycles. The van der Waals surface area contributed by atoms with E-state index in [0.29, 0.717) is 0 Å². The highest BCUT2D eigenvalue weighted by Crippen LogP contribution is 2.37. The molecule has 0 bridgehead atoms. The summed E-state index contributed by atoms with van der Waals surface area (Å²) in [5.41, 5.74) is 4.24. The topological polar surface area (TPSA) is 33.5 Å². The zero-order chi connectivity index (χ0) is 17.8. The fourth-order valence-electron chi connectivity index (χ4n) is 3.54. The lowest BCUT2D eigenvalue weighted by Gasteiger charge is -2.18. The molecule has 1 heterocycles. The molecule has 3 nitrogen and oxygen atoms in total. The maximum atomic E-state index is 11.6. The Morgan fingerprint density at radius 2 is 1.92 bits per heavy atom. The highest BCUT2D eigenvalue weighted by atomic mass is 32.2. The Morgan fingerprint density at radius 3 is 2.60 bits per heavy atom. The van der Waals surface area contributed by atoms with E-state index in [2.05, 4.69) is 42.9 Å². The van der Waals surface area contributed by atoms with Crippen molar-refractivity contribution >= 4 is 34.0 Å². The monoisotopic (exact) mass is 375 g/mol. The van der Waals surface area contributed by atoms with Crippen molar-refractivity contribution in [2.75, 3.05) is 18.6 Å². The van der Waals surface area contributed by atoms with Gasteiger partial charge in [-0.1, -0.05) is 12.1 Å². The number of anilines is 1. The van der Waals surface area contributed by atoms with Gasteiger partial charge in [0.25, 0.3) is 0 Å². The average Bonchev–Trinajstić information content (AvgIpc) is 2.92. The number of nitrogens with one attached hydrogen (secondary N) is 2. The molecule has 1 amide bonds. The summed E-state index contributed by atoms with van der Waals surface area (Å²) < 4.78 is 0. The van der Waals surface area contributed by atoms with Crippen molar-refractivity contribution in [1.82, 2.24) is 0 Å². The third kappa shape index (κ3) is 4.66. The second-order valence-electron chi connectivity index (χ2n) is 6.86. The average molecular weight is 376 g/mol. The van der Waals surface area contributed by atoms with E-state index < -0.39 is 0 Å². The van der Waals surface area contributed by atoms with Crippen molar-refractivity contribution in [2.24, 2.45) is 0 Å². The summed E-state index contributed by atoms with van der Waals surface area (Å²) >= 11 is 3.57. The van der Waals surface area contributed by atoms with Crippen molar-refractivity contribution in [3.05, 3.63) is 45.8 Å². The van der Waals surface area contributed by atoms with Crippen LogP contribution < -0.4 is 10.2 Å². The van der Waals surface area contributed by atoms with E-state index in [0.717, 1.165) is 24.5 Å². The fourth-order valence-corrected chi connectivity index (χ4v) is 5.30. The highest BCUT2D eigenvalue weighted by molar-refractivity contribution is 7.98. The molecule has 1 aliphatic carbocycles. The lowest BCUT2D eigenvalue weighted by atomic mass is 9.95. The van der Waals surface area contributed by atoms with E-state index >= 15 is 0 Å². The van der Waals surface area contributed by atoms with Crippen LogP contribution >= 0.6 is 23.1 Å². The van der Waals surface area contributed by atoms with Gasteiger partial charge in [-0.2, -0.15) is 0 Å². The number of hydrogen-bond donors (Lipinski definition) is 2. The summed E-state index contributed by atoms with van der Waals surface area (Å²) in [6.07, 6.45) is 6.98. The quantitative estimate of drug-likeness (QED) is 0.758. The summed E-state index contributed by atoms with van der Waals surface area (Å²) in [4.78, 5) is 15.9. The van der Waals surface area contributed by atoms with Gasteiger partial charge in [-0.25, -0.2) is 0 Å². The minimum Gasteiger partial charge on any atom is -0.330 e. The number of benzene rings is 1. The molecule has 134 valence electrons. The highest BCUT2D eigenvalue weighted by Gasteiger charge is 2.23. The van der Waals surface area contributed by atoms with E-state index in [9.17, 15) is 4.79 Å². The van der Waals surface area contributed by atoms with Crippen molar-refractivity contribution in [1.29, 1.82) is 0 Å². The first-order valence-electron chi connectivity index (χ1n) is 8.92. The number of aryl methyl sites for hydroxylation is 1. The molecule has 1 aromatic heterocycles.